The Kier molecular flexibility index (Phi) is 4.43. The highest BCUT2D eigenvalue weighted by molar-refractivity contribution is 5.94. The molecule has 0 aromatic carbocycles. The van der Waals surface area contributed by atoms with Gasteiger partial charge in [-0.05, 0) is 31.9 Å². The van der Waals surface area contributed by atoms with Crippen LogP contribution in [0, 0.1) is 6.92 Å². The quantitative estimate of drug-likeness (QED) is 0.853. The van der Waals surface area contributed by atoms with Gasteiger partial charge in [-0.3, -0.25) is 9.78 Å². The zero-order chi connectivity index (χ0) is 15.4. The van der Waals surface area contributed by atoms with E-state index in [0.717, 1.165) is 19.4 Å². The molecule has 1 aliphatic rings. The van der Waals surface area contributed by atoms with Crippen LogP contribution in [0.25, 0.3) is 0 Å². The largest absolute Gasteiger partial charge is 0.367 e. The Hall–Kier alpha value is -2.28. The molecule has 0 spiro atoms. The fourth-order valence-electron chi connectivity index (χ4n) is 2.52. The number of piperidine rings is 1. The minimum atomic E-state index is -0.00765. The molecule has 0 aliphatic carbocycles. The van der Waals surface area contributed by atoms with Crippen molar-refractivity contribution in [2.24, 2.45) is 0 Å². The van der Waals surface area contributed by atoms with Crippen molar-refractivity contribution in [3.05, 3.63) is 41.8 Å². The van der Waals surface area contributed by atoms with Gasteiger partial charge in [-0.15, -0.1) is 0 Å². The molecule has 0 radical (unpaired) electrons. The van der Waals surface area contributed by atoms with Crippen LogP contribution in [0.5, 0.6) is 0 Å². The molecule has 1 amide bonds. The number of hydrogen-bond acceptors (Lipinski definition) is 6. The van der Waals surface area contributed by atoms with Crippen LogP contribution in [0.4, 0.5) is 0 Å². The van der Waals surface area contributed by atoms with Gasteiger partial charge in [0.2, 0.25) is 0 Å². The zero-order valence-electron chi connectivity index (χ0n) is 12.4. The minimum absolute atomic E-state index is 0.00765. The van der Waals surface area contributed by atoms with Crippen LogP contribution in [0.15, 0.2) is 29.0 Å². The molecular weight excluding hydrogens is 284 g/mol. The van der Waals surface area contributed by atoms with Gasteiger partial charge in [-0.2, -0.15) is 4.98 Å². The van der Waals surface area contributed by atoms with Gasteiger partial charge in [-0.25, -0.2) is 0 Å². The van der Waals surface area contributed by atoms with Gasteiger partial charge in [0.15, 0.2) is 5.82 Å². The van der Waals surface area contributed by atoms with Gasteiger partial charge in [0.1, 0.15) is 6.61 Å². The summed E-state index contributed by atoms with van der Waals surface area (Å²) in [5.74, 6) is 1.08. The molecule has 2 aromatic rings. The number of amides is 1. The number of pyridine rings is 1. The number of nitrogens with zero attached hydrogens (tertiary/aromatic N) is 4. The lowest BCUT2D eigenvalue weighted by Crippen LogP contribution is -2.43. The normalized spacial score (nSPS) is 18.4. The Bertz CT molecular complexity index is 629. The van der Waals surface area contributed by atoms with Crippen LogP contribution in [0.2, 0.25) is 0 Å². The molecule has 116 valence electrons. The Morgan fingerprint density at radius 1 is 1.45 bits per heavy atom. The summed E-state index contributed by atoms with van der Waals surface area (Å²) in [4.78, 5) is 22.3. The highest BCUT2D eigenvalue weighted by Crippen LogP contribution is 2.17. The molecule has 1 fully saturated rings. The maximum Gasteiger partial charge on any atom is 0.254 e. The second-order valence-corrected chi connectivity index (χ2v) is 5.30. The first-order valence-corrected chi connectivity index (χ1v) is 7.32. The molecule has 0 unspecified atom stereocenters. The van der Waals surface area contributed by atoms with Gasteiger partial charge in [0, 0.05) is 31.0 Å². The summed E-state index contributed by atoms with van der Waals surface area (Å²) in [6, 6.07) is 3.46. The number of aryl methyl sites for hydroxylation is 1. The van der Waals surface area contributed by atoms with E-state index < -0.39 is 0 Å². The summed E-state index contributed by atoms with van der Waals surface area (Å²) in [6.07, 6.45) is 5.09. The average molecular weight is 302 g/mol. The Balaban J connectivity index is 1.56. The topological polar surface area (TPSA) is 81.4 Å². The molecule has 1 saturated heterocycles. The van der Waals surface area contributed by atoms with E-state index in [1.54, 1.807) is 31.5 Å². The minimum Gasteiger partial charge on any atom is -0.367 e. The van der Waals surface area contributed by atoms with Crippen molar-refractivity contribution < 1.29 is 14.1 Å². The summed E-state index contributed by atoms with van der Waals surface area (Å²) in [5, 5.41) is 3.73. The first-order valence-electron chi connectivity index (χ1n) is 7.32. The molecule has 22 heavy (non-hydrogen) atoms. The molecule has 7 heteroatoms. The molecule has 7 nitrogen and oxygen atoms in total. The number of rotatable bonds is 4. The molecule has 0 saturated carbocycles. The predicted octanol–water partition coefficient (Wildman–Crippen LogP) is 1.59. The maximum absolute atomic E-state index is 12.4. The van der Waals surface area contributed by atoms with Crippen molar-refractivity contribution in [3.8, 4) is 0 Å². The lowest BCUT2D eigenvalue weighted by molar-refractivity contribution is -0.0153. The smallest absolute Gasteiger partial charge is 0.254 e. The van der Waals surface area contributed by atoms with E-state index in [2.05, 4.69) is 15.1 Å². The standard InChI is InChI=1S/C15H18N4O3/c1-11-17-14(22-18-11)10-21-13-3-2-8-19(9-13)15(20)12-4-6-16-7-5-12/h4-7,13H,2-3,8-10H2,1H3/t13-/m1/s1. The molecule has 3 heterocycles. The first kappa shape index (κ1) is 14.6. The number of ether oxygens (including phenoxy) is 1. The van der Waals surface area contributed by atoms with Crippen molar-refractivity contribution in [3.63, 3.8) is 0 Å². The molecule has 0 bridgehead atoms. The third-order valence-electron chi connectivity index (χ3n) is 3.60. The number of carbonyl (C=O) groups is 1. The second-order valence-electron chi connectivity index (χ2n) is 5.30. The summed E-state index contributed by atoms with van der Waals surface area (Å²) in [6.45, 7) is 3.38. The highest BCUT2D eigenvalue weighted by Gasteiger charge is 2.25. The summed E-state index contributed by atoms with van der Waals surface area (Å²) in [5.41, 5.74) is 0.656. The van der Waals surface area contributed by atoms with Gasteiger partial charge < -0.3 is 14.2 Å². The lowest BCUT2D eigenvalue weighted by atomic mass is 10.1. The monoisotopic (exact) mass is 302 g/mol. The fraction of sp³-hybridized carbons (Fsp3) is 0.467. The fourth-order valence-corrected chi connectivity index (χ4v) is 2.52. The van der Waals surface area contributed by atoms with Crippen molar-refractivity contribution in [1.82, 2.24) is 20.0 Å². The van der Waals surface area contributed by atoms with Crippen molar-refractivity contribution in [2.45, 2.75) is 32.5 Å². The summed E-state index contributed by atoms with van der Waals surface area (Å²) in [7, 11) is 0. The predicted molar refractivity (Wildman–Crippen MR) is 77.0 cm³/mol. The van der Waals surface area contributed by atoms with E-state index in [0.29, 0.717) is 23.8 Å². The summed E-state index contributed by atoms with van der Waals surface area (Å²) < 4.78 is 10.8. The Morgan fingerprint density at radius 3 is 3.00 bits per heavy atom. The van der Waals surface area contributed by atoms with Gasteiger partial charge in [0.05, 0.1) is 6.10 Å². The number of hydrogen-bond donors (Lipinski definition) is 0. The molecule has 3 rings (SSSR count). The SMILES string of the molecule is Cc1noc(CO[C@@H]2CCCN(C(=O)c3ccncc3)C2)n1. The average Bonchev–Trinajstić information content (AvgIpc) is 2.99. The number of likely N-dealkylation sites (tertiary alicyclic amines) is 1. The van der Waals surface area contributed by atoms with E-state index >= 15 is 0 Å². The lowest BCUT2D eigenvalue weighted by Gasteiger charge is -2.32. The van der Waals surface area contributed by atoms with E-state index in [9.17, 15) is 4.79 Å². The van der Waals surface area contributed by atoms with Crippen molar-refractivity contribution in [1.29, 1.82) is 0 Å². The van der Waals surface area contributed by atoms with E-state index in [-0.39, 0.29) is 18.6 Å². The van der Waals surface area contributed by atoms with Crippen LogP contribution in [0.3, 0.4) is 0 Å². The van der Waals surface area contributed by atoms with Crippen LogP contribution >= 0.6 is 0 Å². The molecule has 1 atom stereocenters. The van der Waals surface area contributed by atoms with E-state index in [1.165, 1.54) is 0 Å². The zero-order valence-corrected chi connectivity index (χ0v) is 12.4. The van der Waals surface area contributed by atoms with E-state index in [4.69, 9.17) is 9.26 Å². The van der Waals surface area contributed by atoms with Crippen LogP contribution < -0.4 is 0 Å². The van der Waals surface area contributed by atoms with E-state index in [1.807, 2.05) is 4.90 Å². The number of aromatic nitrogens is 3. The summed E-state index contributed by atoms with van der Waals surface area (Å²) >= 11 is 0. The first-order chi connectivity index (χ1) is 10.7. The third kappa shape index (κ3) is 3.48. The number of carbonyl (C=O) groups excluding carboxylic acids is 1. The van der Waals surface area contributed by atoms with Gasteiger partial charge >= 0.3 is 0 Å². The van der Waals surface area contributed by atoms with Gasteiger partial charge in [-0.1, -0.05) is 5.16 Å². The molecular formula is C15H18N4O3. The highest BCUT2D eigenvalue weighted by atomic mass is 16.5. The van der Waals surface area contributed by atoms with Crippen molar-refractivity contribution >= 4 is 5.91 Å². The Morgan fingerprint density at radius 2 is 2.27 bits per heavy atom. The van der Waals surface area contributed by atoms with Crippen LogP contribution in [0.1, 0.15) is 34.9 Å². The molecule has 2 aromatic heterocycles. The van der Waals surface area contributed by atoms with Crippen LogP contribution in [-0.4, -0.2) is 45.1 Å². The Labute approximate surface area is 128 Å². The third-order valence-corrected chi connectivity index (χ3v) is 3.60. The van der Waals surface area contributed by atoms with Crippen LogP contribution in [-0.2, 0) is 11.3 Å². The maximum atomic E-state index is 12.4. The van der Waals surface area contributed by atoms with Gasteiger partial charge in [0.25, 0.3) is 11.8 Å². The second kappa shape index (κ2) is 6.65. The molecule has 1 aliphatic heterocycles. The van der Waals surface area contributed by atoms with Crippen molar-refractivity contribution in [2.75, 3.05) is 13.1 Å². The molecule has 0 N–H and O–H groups in total.